The molecule has 1 aromatic heterocycles. The van der Waals surface area contributed by atoms with Crippen molar-refractivity contribution in [3.05, 3.63) is 88.2 Å². The zero-order chi connectivity index (χ0) is 23.2. The van der Waals surface area contributed by atoms with Gasteiger partial charge in [-0.15, -0.1) is 0 Å². The number of amides is 1. The van der Waals surface area contributed by atoms with Crippen LogP contribution in [0.1, 0.15) is 32.0 Å². The predicted molar refractivity (Wildman–Crippen MR) is 126 cm³/mol. The van der Waals surface area contributed by atoms with Crippen LogP contribution in [0.15, 0.2) is 60.8 Å². The van der Waals surface area contributed by atoms with Crippen molar-refractivity contribution in [2.45, 2.75) is 13.0 Å². The highest BCUT2D eigenvalue weighted by Gasteiger charge is 2.25. The summed E-state index contributed by atoms with van der Waals surface area (Å²) in [7, 11) is 2.03. The third-order valence-electron chi connectivity index (χ3n) is 5.60. The SMILES string of the molecule is CN1CCN(C(=O)c2cc(OCc3ccccc3)c(C(=O)Cc3cccnn3)cc2Cl)CC1. The molecule has 1 fully saturated rings. The zero-order valence-corrected chi connectivity index (χ0v) is 19.2. The van der Waals surface area contributed by atoms with Crippen LogP contribution in [0.5, 0.6) is 5.75 Å². The molecular weight excluding hydrogens is 440 g/mol. The molecule has 0 saturated carbocycles. The number of ether oxygens (including phenoxy) is 1. The minimum atomic E-state index is -0.209. The number of hydrogen-bond donors (Lipinski definition) is 0. The average molecular weight is 465 g/mol. The van der Waals surface area contributed by atoms with Crippen molar-refractivity contribution < 1.29 is 14.3 Å². The summed E-state index contributed by atoms with van der Waals surface area (Å²) in [6, 6.07) is 16.2. The maximum atomic E-state index is 13.2. The van der Waals surface area contributed by atoms with Gasteiger partial charge in [-0.3, -0.25) is 9.59 Å². The summed E-state index contributed by atoms with van der Waals surface area (Å²) in [4.78, 5) is 30.3. The molecule has 0 aliphatic carbocycles. The molecule has 1 aliphatic rings. The third-order valence-corrected chi connectivity index (χ3v) is 5.91. The number of halogens is 1. The summed E-state index contributed by atoms with van der Waals surface area (Å²) in [6.07, 6.45) is 1.61. The van der Waals surface area contributed by atoms with E-state index in [9.17, 15) is 9.59 Å². The van der Waals surface area contributed by atoms with Crippen LogP contribution in [-0.2, 0) is 13.0 Å². The van der Waals surface area contributed by atoms with Gasteiger partial charge < -0.3 is 14.5 Å². The molecule has 1 amide bonds. The Morgan fingerprint density at radius 2 is 1.76 bits per heavy atom. The van der Waals surface area contributed by atoms with Gasteiger partial charge in [0.25, 0.3) is 5.91 Å². The Morgan fingerprint density at radius 3 is 2.45 bits per heavy atom. The van der Waals surface area contributed by atoms with Crippen molar-refractivity contribution in [3.8, 4) is 5.75 Å². The Labute approximate surface area is 197 Å². The Hall–Kier alpha value is -3.29. The van der Waals surface area contributed by atoms with Crippen LogP contribution in [0.25, 0.3) is 0 Å². The van der Waals surface area contributed by atoms with Gasteiger partial charge in [0.2, 0.25) is 0 Å². The first-order valence-electron chi connectivity index (χ1n) is 10.8. The van der Waals surface area contributed by atoms with Crippen LogP contribution in [-0.4, -0.2) is 64.9 Å². The number of ketones is 1. The van der Waals surface area contributed by atoms with E-state index >= 15 is 0 Å². The highest BCUT2D eigenvalue weighted by Crippen LogP contribution is 2.30. The normalized spacial score (nSPS) is 14.2. The molecule has 0 bridgehead atoms. The highest BCUT2D eigenvalue weighted by molar-refractivity contribution is 6.34. The second kappa shape index (κ2) is 10.6. The Kier molecular flexibility index (Phi) is 7.32. The number of rotatable bonds is 7. The molecule has 0 atom stereocenters. The van der Waals surface area contributed by atoms with Crippen molar-refractivity contribution in [2.75, 3.05) is 33.2 Å². The molecular formula is C25H25ClN4O3. The number of carbonyl (C=O) groups excluding carboxylic acids is 2. The van der Waals surface area contributed by atoms with Crippen LogP contribution in [0.3, 0.4) is 0 Å². The number of likely N-dealkylation sites (N-methyl/N-ethyl adjacent to an activating group) is 1. The summed E-state index contributed by atoms with van der Waals surface area (Å²) >= 11 is 6.51. The van der Waals surface area contributed by atoms with Crippen LogP contribution in [0.2, 0.25) is 5.02 Å². The van der Waals surface area contributed by atoms with E-state index in [1.165, 1.54) is 6.07 Å². The number of hydrogen-bond acceptors (Lipinski definition) is 6. The summed E-state index contributed by atoms with van der Waals surface area (Å²) in [6.45, 7) is 3.11. The van der Waals surface area contributed by atoms with Gasteiger partial charge in [-0.2, -0.15) is 10.2 Å². The lowest BCUT2D eigenvalue weighted by atomic mass is 10.0. The second-order valence-corrected chi connectivity index (χ2v) is 8.42. The first-order valence-corrected chi connectivity index (χ1v) is 11.2. The second-order valence-electron chi connectivity index (χ2n) is 8.01. The smallest absolute Gasteiger partial charge is 0.255 e. The summed E-state index contributed by atoms with van der Waals surface area (Å²) in [5.74, 6) is -0.0423. The standard InChI is InChI=1S/C25H25ClN4O3/c1-29-10-12-30(13-11-29)25(32)20-16-24(33-17-18-6-3-2-4-7-18)21(15-22(20)26)23(31)14-19-8-5-9-27-28-19/h2-9,15-16H,10-14,17H2,1H3. The number of nitrogens with zero attached hydrogens (tertiary/aromatic N) is 4. The lowest BCUT2D eigenvalue weighted by Crippen LogP contribution is -2.47. The maximum Gasteiger partial charge on any atom is 0.255 e. The molecule has 2 aromatic carbocycles. The number of aromatic nitrogens is 2. The van der Waals surface area contributed by atoms with E-state index in [0.717, 1.165) is 18.7 Å². The van der Waals surface area contributed by atoms with E-state index in [1.54, 1.807) is 29.3 Å². The molecule has 8 heteroatoms. The molecule has 7 nitrogen and oxygen atoms in total. The van der Waals surface area contributed by atoms with Crippen LogP contribution >= 0.6 is 11.6 Å². The Bertz CT molecular complexity index is 1120. The topological polar surface area (TPSA) is 75.6 Å². The van der Waals surface area contributed by atoms with E-state index in [0.29, 0.717) is 35.7 Å². The van der Waals surface area contributed by atoms with Gasteiger partial charge in [0.15, 0.2) is 5.78 Å². The van der Waals surface area contributed by atoms with E-state index in [2.05, 4.69) is 15.1 Å². The third kappa shape index (κ3) is 5.74. The largest absolute Gasteiger partial charge is 0.488 e. The fourth-order valence-electron chi connectivity index (χ4n) is 3.66. The minimum absolute atomic E-state index is 0.0532. The molecule has 2 heterocycles. The molecule has 3 aromatic rings. The summed E-state index contributed by atoms with van der Waals surface area (Å²) in [5.41, 5.74) is 2.15. The van der Waals surface area contributed by atoms with Crippen molar-refractivity contribution >= 4 is 23.3 Å². The van der Waals surface area contributed by atoms with Crippen molar-refractivity contribution in [2.24, 2.45) is 0 Å². The first kappa shape index (κ1) is 22.9. The highest BCUT2D eigenvalue weighted by atomic mass is 35.5. The fourth-order valence-corrected chi connectivity index (χ4v) is 3.90. The molecule has 0 unspecified atom stereocenters. The molecule has 1 saturated heterocycles. The van der Waals surface area contributed by atoms with Gasteiger partial charge in [-0.25, -0.2) is 0 Å². The molecule has 0 N–H and O–H groups in total. The zero-order valence-electron chi connectivity index (χ0n) is 18.4. The number of Topliss-reactive ketones (excluding diaryl/α,β-unsaturated/α-hetero) is 1. The van der Waals surface area contributed by atoms with Gasteiger partial charge in [0.1, 0.15) is 12.4 Å². The van der Waals surface area contributed by atoms with Crippen molar-refractivity contribution in [1.29, 1.82) is 0 Å². The molecule has 0 spiro atoms. The van der Waals surface area contributed by atoms with E-state index < -0.39 is 0 Å². The molecule has 0 radical (unpaired) electrons. The van der Waals surface area contributed by atoms with E-state index in [-0.39, 0.29) is 29.7 Å². The number of carbonyl (C=O) groups is 2. The lowest BCUT2D eigenvalue weighted by Gasteiger charge is -2.32. The Morgan fingerprint density at radius 1 is 1.00 bits per heavy atom. The minimum Gasteiger partial charge on any atom is -0.488 e. The van der Waals surface area contributed by atoms with Gasteiger partial charge in [-0.05, 0) is 36.9 Å². The molecule has 170 valence electrons. The van der Waals surface area contributed by atoms with Crippen molar-refractivity contribution in [3.63, 3.8) is 0 Å². The fraction of sp³-hybridized carbons (Fsp3) is 0.280. The van der Waals surface area contributed by atoms with Gasteiger partial charge in [0, 0.05) is 32.4 Å². The van der Waals surface area contributed by atoms with Gasteiger partial charge in [0.05, 0.1) is 28.3 Å². The quantitative estimate of drug-likeness (QED) is 0.498. The van der Waals surface area contributed by atoms with E-state index in [4.69, 9.17) is 16.3 Å². The number of piperazine rings is 1. The summed E-state index contributed by atoms with van der Waals surface area (Å²) in [5, 5.41) is 8.05. The first-order chi connectivity index (χ1) is 16.0. The molecule has 33 heavy (non-hydrogen) atoms. The Balaban J connectivity index is 1.63. The van der Waals surface area contributed by atoms with Gasteiger partial charge >= 0.3 is 0 Å². The van der Waals surface area contributed by atoms with Crippen LogP contribution < -0.4 is 4.74 Å². The van der Waals surface area contributed by atoms with Crippen LogP contribution in [0, 0.1) is 0 Å². The summed E-state index contributed by atoms with van der Waals surface area (Å²) < 4.78 is 6.04. The average Bonchev–Trinajstić information content (AvgIpc) is 2.84. The van der Waals surface area contributed by atoms with Crippen LogP contribution in [0.4, 0.5) is 0 Å². The molecule has 4 rings (SSSR count). The molecule has 1 aliphatic heterocycles. The predicted octanol–water partition coefficient (Wildman–Crippen LogP) is 3.52. The lowest BCUT2D eigenvalue weighted by molar-refractivity contribution is 0.0663. The van der Waals surface area contributed by atoms with E-state index in [1.807, 2.05) is 37.4 Å². The maximum absolute atomic E-state index is 13.2. The monoisotopic (exact) mass is 464 g/mol. The van der Waals surface area contributed by atoms with Crippen molar-refractivity contribution in [1.82, 2.24) is 20.0 Å². The number of benzene rings is 2. The van der Waals surface area contributed by atoms with Gasteiger partial charge in [-0.1, -0.05) is 41.9 Å².